The molecule has 0 saturated heterocycles. The van der Waals surface area contributed by atoms with Crippen molar-refractivity contribution in [3.63, 3.8) is 0 Å². The van der Waals surface area contributed by atoms with Crippen LogP contribution < -0.4 is 5.32 Å². The van der Waals surface area contributed by atoms with E-state index < -0.39 is 6.30 Å². The summed E-state index contributed by atoms with van der Waals surface area (Å²) in [6, 6.07) is 0. The zero-order valence-corrected chi connectivity index (χ0v) is 8.86. The van der Waals surface area contributed by atoms with Crippen LogP contribution in [0.4, 0.5) is 13.2 Å². The lowest BCUT2D eigenvalue weighted by Crippen LogP contribution is -2.39. The van der Waals surface area contributed by atoms with E-state index >= 15 is 0 Å². The standard InChI is InChI=1S/C8H18F3N3/c1-13(2)6-7-14(3)5-4-12-8(9,10)11/h12H,4-7H2,1-3H3. The van der Waals surface area contributed by atoms with Crippen LogP contribution in [0.3, 0.4) is 0 Å². The van der Waals surface area contributed by atoms with Gasteiger partial charge in [0, 0.05) is 26.2 Å². The Morgan fingerprint density at radius 3 is 2.00 bits per heavy atom. The van der Waals surface area contributed by atoms with Gasteiger partial charge in [0.25, 0.3) is 0 Å². The summed E-state index contributed by atoms with van der Waals surface area (Å²) < 4.78 is 35.0. The minimum atomic E-state index is -4.26. The van der Waals surface area contributed by atoms with Crippen molar-refractivity contribution in [1.82, 2.24) is 15.1 Å². The summed E-state index contributed by atoms with van der Waals surface area (Å²) in [5, 5.41) is 1.49. The smallest absolute Gasteiger partial charge is 0.308 e. The monoisotopic (exact) mass is 213 g/mol. The van der Waals surface area contributed by atoms with Crippen LogP contribution in [-0.4, -0.2) is 63.4 Å². The fourth-order valence-electron chi connectivity index (χ4n) is 0.871. The molecular formula is C8H18F3N3. The first-order valence-corrected chi connectivity index (χ1v) is 4.46. The number of nitrogens with one attached hydrogen (secondary N) is 1. The Labute approximate surface area is 82.9 Å². The van der Waals surface area contributed by atoms with E-state index in [-0.39, 0.29) is 6.54 Å². The van der Waals surface area contributed by atoms with Crippen LogP contribution in [0.25, 0.3) is 0 Å². The predicted octanol–water partition coefficient (Wildman–Crippen LogP) is 0.589. The third-order valence-corrected chi connectivity index (χ3v) is 1.75. The first-order valence-electron chi connectivity index (χ1n) is 4.46. The molecule has 0 aliphatic heterocycles. The number of alkyl halides is 3. The maximum absolute atomic E-state index is 11.7. The van der Waals surface area contributed by atoms with E-state index in [1.165, 1.54) is 5.32 Å². The lowest BCUT2D eigenvalue weighted by atomic mass is 10.5. The Morgan fingerprint density at radius 1 is 1.00 bits per heavy atom. The molecule has 0 aliphatic carbocycles. The molecule has 0 saturated carbocycles. The second-order valence-electron chi connectivity index (χ2n) is 3.53. The van der Waals surface area contributed by atoms with Gasteiger partial charge in [0.05, 0.1) is 0 Å². The number of rotatable bonds is 6. The minimum Gasteiger partial charge on any atom is -0.308 e. The third kappa shape index (κ3) is 9.76. The molecule has 0 aromatic carbocycles. The Morgan fingerprint density at radius 2 is 1.57 bits per heavy atom. The largest absolute Gasteiger partial charge is 0.457 e. The van der Waals surface area contributed by atoms with Gasteiger partial charge in [-0.1, -0.05) is 0 Å². The Hall–Kier alpha value is -0.330. The number of halogens is 3. The van der Waals surface area contributed by atoms with Crippen LogP contribution >= 0.6 is 0 Å². The topological polar surface area (TPSA) is 18.5 Å². The molecule has 0 fully saturated rings. The molecule has 0 atom stereocenters. The molecule has 3 nitrogen and oxygen atoms in total. The number of hydrogen-bond acceptors (Lipinski definition) is 3. The maximum atomic E-state index is 11.7. The zero-order valence-electron chi connectivity index (χ0n) is 8.86. The van der Waals surface area contributed by atoms with E-state index in [4.69, 9.17) is 0 Å². The average molecular weight is 213 g/mol. The zero-order chi connectivity index (χ0) is 11.2. The summed E-state index contributed by atoms with van der Waals surface area (Å²) in [6.45, 7) is 1.95. The molecule has 1 N–H and O–H groups in total. The highest BCUT2D eigenvalue weighted by Crippen LogP contribution is 2.08. The predicted molar refractivity (Wildman–Crippen MR) is 50.1 cm³/mol. The van der Waals surface area contributed by atoms with Crippen molar-refractivity contribution >= 4 is 0 Å². The van der Waals surface area contributed by atoms with Crippen LogP contribution in [0, 0.1) is 0 Å². The average Bonchev–Trinajstić information content (AvgIpc) is 1.98. The number of hydrogen-bond donors (Lipinski definition) is 1. The first kappa shape index (κ1) is 13.7. The molecule has 0 bridgehead atoms. The van der Waals surface area contributed by atoms with Gasteiger partial charge in [-0.15, -0.1) is 0 Å². The summed E-state index contributed by atoms with van der Waals surface area (Å²) in [6.07, 6.45) is -4.26. The number of likely N-dealkylation sites (N-methyl/N-ethyl adjacent to an activating group) is 2. The Kier molecular flexibility index (Phi) is 6.06. The minimum absolute atomic E-state index is 0.0621. The highest BCUT2D eigenvalue weighted by atomic mass is 19.4. The second-order valence-corrected chi connectivity index (χ2v) is 3.53. The molecule has 0 aliphatic rings. The van der Waals surface area contributed by atoms with Gasteiger partial charge in [0.15, 0.2) is 0 Å². The molecule has 0 radical (unpaired) electrons. The van der Waals surface area contributed by atoms with E-state index in [9.17, 15) is 13.2 Å². The van der Waals surface area contributed by atoms with E-state index in [1.807, 2.05) is 30.9 Å². The van der Waals surface area contributed by atoms with Crippen LogP contribution in [0.5, 0.6) is 0 Å². The van der Waals surface area contributed by atoms with Gasteiger partial charge in [-0.25, -0.2) is 5.32 Å². The summed E-state index contributed by atoms with van der Waals surface area (Å²) >= 11 is 0. The maximum Gasteiger partial charge on any atom is 0.457 e. The molecule has 0 aromatic heterocycles. The fraction of sp³-hybridized carbons (Fsp3) is 1.00. The third-order valence-electron chi connectivity index (χ3n) is 1.75. The van der Waals surface area contributed by atoms with E-state index in [1.54, 1.807) is 0 Å². The highest BCUT2D eigenvalue weighted by molar-refractivity contribution is 4.57. The van der Waals surface area contributed by atoms with Crippen LogP contribution in [-0.2, 0) is 0 Å². The normalized spacial score (nSPS) is 12.9. The molecule has 0 amide bonds. The van der Waals surface area contributed by atoms with Gasteiger partial charge in [-0.05, 0) is 21.1 Å². The van der Waals surface area contributed by atoms with Gasteiger partial charge < -0.3 is 9.80 Å². The Bertz CT molecular complexity index is 147. The van der Waals surface area contributed by atoms with Crippen molar-refractivity contribution in [3.05, 3.63) is 0 Å². The van der Waals surface area contributed by atoms with Gasteiger partial charge in [-0.2, -0.15) is 13.2 Å². The van der Waals surface area contributed by atoms with Crippen LogP contribution in [0.2, 0.25) is 0 Å². The van der Waals surface area contributed by atoms with Crippen LogP contribution in [0.15, 0.2) is 0 Å². The summed E-state index contributed by atoms with van der Waals surface area (Å²) in [4.78, 5) is 3.85. The van der Waals surface area contributed by atoms with Crippen LogP contribution in [0.1, 0.15) is 0 Å². The van der Waals surface area contributed by atoms with Crippen molar-refractivity contribution in [2.75, 3.05) is 47.3 Å². The van der Waals surface area contributed by atoms with Gasteiger partial charge in [0.2, 0.25) is 0 Å². The van der Waals surface area contributed by atoms with Crippen molar-refractivity contribution in [2.24, 2.45) is 0 Å². The van der Waals surface area contributed by atoms with Gasteiger partial charge in [-0.3, -0.25) is 0 Å². The summed E-state index contributed by atoms with van der Waals surface area (Å²) in [5.41, 5.74) is 0. The quantitative estimate of drug-likeness (QED) is 0.651. The van der Waals surface area contributed by atoms with Crippen molar-refractivity contribution in [3.8, 4) is 0 Å². The summed E-state index contributed by atoms with van der Waals surface area (Å²) in [7, 11) is 5.67. The molecule has 86 valence electrons. The number of nitrogens with zero attached hydrogens (tertiary/aromatic N) is 2. The van der Waals surface area contributed by atoms with Gasteiger partial charge in [0.1, 0.15) is 0 Å². The molecule has 0 unspecified atom stereocenters. The molecule has 6 heteroatoms. The molecule has 0 aromatic rings. The fourth-order valence-corrected chi connectivity index (χ4v) is 0.871. The van der Waals surface area contributed by atoms with Crippen molar-refractivity contribution < 1.29 is 13.2 Å². The van der Waals surface area contributed by atoms with E-state index in [0.29, 0.717) is 6.54 Å². The molecule has 0 heterocycles. The van der Waals surface area contributed by atoms with Crippen molar-refractivity contribution in [1.29, 1.82) is 0 Å². The second kappa shape index (κ2) is 6.21. The Balaban J connectivity index is 3.40. The SMILES string of the molecule is CN(C)CCN(C)CCNC(F)(F)F. The van der Waals surface area contributed by atoms with Gasteiger partial charge >= 0.3 is 6.30 Å². The first-order chi connectivity index (χ1) is 6.31. The lowest BCUT2D eigenvalue weighted by molar-refractivity contribution is -0.157. The molecule has 0 rings (SSSR count). The molecule has 14 heavy (non-hydrogen) atoms. The highest BCUT2D eigenvalue weighted by Gasteiger charge is 2.25. The molecule has 0 spiro atoms. The lowest BCUT2D eigenvalue weighted by Gasteiger charge is -2.19. The van der Waals surface area contributed by atoms with E-state index in [2.05, 4.69) is 0 Å². The van der Waals surface area contributed by atoms with Crippen molar-refractivity contribution in [2.45, 2.75) is 6.30 Å². The molecular weight excluding hydrogens is 195 g/mol. The summed E-state index contributed by atoms with van der Waals surface area (Å²) in [5.74, 6) is 0. The van der Waals surface area contributed by atoms with E-state index in [0.717, 1.165) is 13.1 Å².